The molecule has 1 saturated heterocycles. The maximum atomic E-state index is 12.3. The molecule has 2 aliphatic heterocycles. The Morgan fingerprint density at radius 1 is 1.32 bits per heavy atom. The van der Waals surface area contributed by atoms with Gasteiger partial charge in [-0.2, -0.15) is 0 Å². The molecular formula is C18H25NO3. The number of rotatable bonds is 0. The first-order valence-electron chi connectivity index (χ1n) is 8.05. The van der Waals surface area contributed by atoms with E-state index >= 15 is 0 Å². The van der Waals surface area contributed by atoms with Gasteiger partial charge >= 0.3 is 6.09 Å². The van der Waals surface area contributed by atoms with E-state index in [-0.39, 0.29) is 6.09 Å². The number of carbonyl (C=O) groups excluding carboxylic acids is 1. The van der Waals surface area contributed by atoms with Gasteiger partial charge in [0, 0.05) is 19.0 Å². The molecule has 1 amide bonds. The van der Waals surface area contributed by atoms with Crippen molar-refractivity contribution < 1.29 is 14.3 Å². The molecule has 0 aliphatic carbocycles. The highest BCUT2D eigenvalue weighted by molar-refractivity contribution is 5.69. The maximum Gasteiger partial charge on any atom is 0.410 e. The fourth-order valence-corrected chi connectivity index (χ4v) is 3.38. The standard InChI is InChI=1S/C18H25NO3/c1-12-5-6-14-15-11-19(17(20)22-18(2,3)4)10-13(15)7-8-21-16(14)9-12/h5-6,9,13,15H,7-8,10-11H2,1-4H3/t13-,15-/m0/s1. The first-order chi connectivity index (χ1) is 10.3. The Morgan fingerprint density at radius 3 is 2.82 bits per heavy atom. The summed E-state index contributed by atoms with van der Waals surface area (Å²) in [6.45, 7) is 10.0. The summed E-state index contributed by atoms with van der Waals surface area (Å²) in [6, 6.07) is 6.39. The number of nitrogens with zero attached hydrogens (tertiary/aromatic N) is 1. The van der Waals surface area contributed by atoms with Crippen molar-refractivity contribution in [1.29, 1.82) is 0 Å². The number of carbonyl (C=O) groups is 1. The van der Waals surface area contributed by atoms with Crippen LogP contribution in [0.4, 0.5) is 4.79 Å². The number of likely N-dealkylation sites (tertiary alicyclic amines) is 1. The van der Waals surface area contributed by atoms with E-state index in [0.717, 1.165) is 31.9 Å². The molecule has 2 heterocycles. The third kappa shape index (κ3) is 3.06. The zero-order chi connectivity index (χ0) is 15.9. The minimum absolute atomic E-state index is 0.199. The molecule has 4 heteroatoms. The summed E-state index contributed by atoms with van der Waals surface area (Å²) in [4.78, 5) is 14.2. The predicted octanol–water partition coefficient (Wildman–Crippen LogP) is 3.73. The van der Waals surface area contributed by atoms with E-state index in [1.54, 1.807) is 0 Å². The Bertz CT molecular complexity index is 576. The Labute approximate surface area is 132 Å². The summed E-state index contributed by atoms with van der Waals surface area (Å²) in [5.74, 6) is 1.79. The Balaban J connectivity index is 1.80. The van der Waals surface area contributed by atoms with Crippen LogP contribution in [0.15, 0.2) is 18.2 Å². The molecule has 120 valence electrons. The SMILES string of the molecule is Cc1ccc2c(c1)OCC[C@H]1CN(C(=O)OC(C)(C)C)C[C@H]21. The van der Waals surface area contributed by atoms with E-state index in [1.165, 1.54) is 11.1 Å². The highest BCUT2D eigenvalue weighted by Crippen LogP contribution is 2.42. The van der Waals surface area contributed by atoms with E-state index in [0.29, 0.717) is 11.8 Å². The van der Waals surface area contributed by atoms with Crippen LogP contribution in [0.25, 0.3) is 0 Å². The molecule has 0 saturated carbocycles. The molecule has 1 aromatic rings. The van der Waals surface area contributed by atoms with Crippen molar-refractivity contribution in [1.82, 2.24) is 4.90 Å². The number of hydrogen-bond donors (Lipinski definition) is 0. The Kier molecular flexibility index (Phi) is 3.79. The van der Waals surface area contributed by atoms with E-state index < -0.39 is 5.60 Å². The molecule has 0 unspecified atom stereocenters. The van der Waals surface area contributed by atoms with Crippen LogP contribution in [0.1, 0.15) is 44.2 Å². The summed E-state index contributed by atoms with van der Waals surface area (Å²) >= 11 is 0. The van der Waals surface area contributed by atoms with Gasteiger partial charge in [-0.1, -0.05) is 12.1 Å². The largest absolute Gasteiger partial charge is 0.493 e. The minimum atomic E-state index is -0.445. The van der Waals surface area contributed by atoms with Gasteiger partial charge in [0.25, 0.3) is 0 Å². The van der Waals surface area contributed by atoms with Gasteiger partial charge in [0.1, 0.15) is 11.4 Å². The van der Waals surface area contributed by atoms with E-state index in [4.69, 9.17) is 9.47 Å². The average molecular weight is 303 g/mol. The van der Waals surface area contributed by atoms with Crippen LogP contribution in [0.5, 0.6) is 5.75 Å². The number of aryl methyl sites for hydroxylation is 1. The summed E-state index contributed by atoms with van der Waals surface area (Å²) in [6.07, 6.45) is 0.785. The number of hydrogen-bond acceptors (Lipinski definition) is 3. The number of ether oxygens (including phenoxy) is 2. The highest BCUT2D eigenvalue weighted by atomic mass is 16.6. The normalized spacial score (nSPS) is 24.1. The smallest absolute Gasteiger partial charge is 0.410 e. The van der Waals surface area contributed by atoms with Crippen molar-refractivity contribution >= 4 is 6.09 Å². The van der Waals surface area contributed by atoms with Gasteiger partial charge in [-0.05, 0) is 57.2 Å². The summed E-state index contributed by atoms with van der Waals surface area (Å²) in [5.41, 5.74) is 2.00. The predicted molar refractivity (Wildman–Crippen MR) is 85.3 cm³/mol. The second-order valence-electron chi connectivity index (χ2n) is 7.43. The number of benzene rings is 1. The van der Waals surface area contributed by atoms with Crippen molar-refractivity contribution in [3.05, 3.63) is 29.3 Å². The molecule has 22 heavy (non-hydrogen) atoms. The zero-order valence-corrected chi connectivity index (χ0v) is 13.9. The maximum absolute atomic E-state index is 12.3. The van der Waals surface area contributed by atoms with Gasteiger partial charge in [-0.25, -0.2) is 4.79 Å². The first-order valence-corrected chi connectivity index (χ1v) is 8.05. The number of amides is 1. The van der Waals surface area contributed by atoms with Gasteiger partial charge in [0.05, 0.1) is 6.61 Å². The van der Waals surface area contributed by atoms with Crippen LogP contribution in [-0.2, 0) is 4.74 Å². The first kappa shape index (κ1) is 15.2. The van der Waals surface area contributed by atoms with Crippen LogP contribution < -0.4 is 4.74 Å². The molecule has 0 bridgehead atoms. The molecular weight excluding hydrogens is 278 g/mol. The lowest BCUT2D eigenvalue weighted by Gasteiger charge is -2.24. The zero-order valence-electron chi connectivity index (χ0n) is 13.9. The molecule has 0 aromatic heterocycles. The van der Waals surface area contributed by atoms with Gasteiger partial charge < -0.3 is 14.4 Å². The van der Waals surface area contributed by atoms with Crippen LogP contribution in [0.3, 0.4) is 0 Å². The average Bonchev–Trinajstić information content (AvgIpc) is 2.74. The van der Waals surface area contributed by atoms with E-state index in [1.807, 2.05) is 25.7 Å². The second kappa shape index (κ2) is 5.49. The summed E-state index contributed by atoms with van der Waals surface area (Å²) in [7, 11) is 0. The van der Waals surface area contributed by atoms with Gasteiger partial charge in [0.2, 0.25) is 0 Å². The van der Waals surface area contributed by atoms with Crippen molar-refractivity contribution in [3.63, 3.8) is 0 Å². The lowest BCUT2D eigenvalue weighted by molar-refractivity contribution is 0.0284. The van der Waals surface area contributed by atoms with Gasteiger partial charge in [-0.3, -0.25) is 0 Å². The molecule has 0 radical (unpaired) electrons. The Hall–Kier alpha value is -1.71. The molecule has 1 fully saturated rings. The lowest BCUT2D eigenvalue weighted by Crippen LogP contribution is -2.35. The fraction of sp³-hybridized carbons (Fsp3) is 0.611. The van der Waals surface area contributed by atoms with Crippen LogP contribution >= 0.6 is 0 Å². The van der Waals surface area contributed by atoms with E-state index in [2.05, 4.69) is 25.1 Å². The third-order valence-corrected chi connectivity index (χ3v) is 4.41. The van der Waals surface area contributed by atoms with Crippen molar-refractivity contribution in [2.75, 3.05) is 19.7 Å². The monoisotopic (exact) mass is 303 g/mol. The summed E-state index contributed by atoms with van der Waals surface area (Å²) in [5, 5.41) is 0. The molecule has 0 spiro atoms. The van der Waals surface area contributed by atoms with Crippen LogP contribution in [0, 0.1) is 12.8 Å². The van der Waals surface area contributed by atoms with Crippen molar-refractivity contribution in [2.45, 2.75) is 45.6 Å². The van der Waals surface area contributed by atoms with Crippen molar-refractivity contribution in [3.8, 4) is 5.75 Å². The van der Waals surface area contributed by atoms with Crippen LogP contribution in [0.2, 0.25) is 0 Å². The number of fused-ring (bicyclic) bond motifs is 3. The minimum Gasteiger partial charge on any atom is -0.493 e. The topological polar surface area (TPSA) is 38.8 Å². The molecule has 1 aromatic carbocycles. The molecule has 4 nitrogen and oxygen atoms in total. The second-order valence-corrected chi connectivity index (χ2v) is 7.43. The molecule has 3 rings (SSSR count). The summed E-state index contributed by atoms with van der Waals surface area (Å²) < 4.78 is 11.4. The fourth-order valence-electron chi connectivity index (χ4n) is 3.38. The van der Waals surface area contributed by atoms with E-state index in [9.17, 15) is 4.79 Å². The van der Waals surface area contributed by atoms with Crippen LogP contribution in [-0.4, -0.2) is 36.3 Å². The highest BCUT2D eigenvalue weighted by Gasteiger charge is 2.40. The lowest BCUT2D eigenvalue weighted by atomic mass is 9.87. The molecule has 0 N–H and O–H groups in total. The van der Waals surface area contributed by atoms with Crippen molar-refractivity contribution in [2.24, 2.45) is 5.92 Å². The van der Waals surface area contributed by atoms with Gasteiger partial charge in [-0.15, -0.1) is 0 Å². The Morgan fingerprint density at radius 2 is 2.09 bits per heavy atom. The third-order valence-electron chi connectivity index (χ3n) is 4.41. The van der Waals surface area contributed by atoms with Gasteiger partial charge in [0.15, 0.2) is 0 Å². The molecule has 2 atom stereocenters. The molecule has 2 aliphatic rings. The quantitative estimate of drug-likeness (QED) is 0.733.